The number of anilines is 1. The van der Waals surface area contributed by atoms with E-state index in [2.05, 4.69) is 16.7 Å². The predicted molar refractivity (Wildman–Crippen MR) is 72.3 cm³/mol. The van der Waals surface area contributed by atoms with Crippen LogP contribution < -0.4 is 4.90 Å². The first-order chi connectivity index (χ1) is 8.70. The van der Waals surface area contributed by atoms with Crippen molar-refractivity contribution in [2.45, 2.75) is 13.3 Å². The largest absolute Gasteiger partial charge is 0.478 e. The molecule has 0 radical (unpaired) electrons. The van der Waals surface area contributed by atoms with E-state index < -0.39 is 5.97 Å². The topological polar surface area (TPSA) is 43.8 Å². The summed E-state index contributed by atoms with van der Waals surface area (Å²) in [6.07, 6.45) is 1.16. The molecule has 1 aliphatic rings. The molecule has 2 rings (SSSR count). The van der Waals surface area contributed by atoms with Crippen LogP contribution in [0.25, 0.3) is 0 Å². The smallest absolute Gasteiger partial charge is 0.335 e. The summed E-state index contributed by atoms with van der Waals surface area (Å²) in [7, 11) is 0. The Morgan fingerprint density at radius 2 is 1.89 bits per heavy atom. The van der Waals surface area contributed by atoms with Crippen LogP contribution in [0.2, 0.25) is 0 Å². The van der Waals surface area contributed by atoms with Crippen molar-refractivity contribution in [3.63, 3.8) is 0 Å². The summed E-state index contributed by atoms with van der Waals surface area (Å²) in [4.78, 5) is 15.6. The maximum absolute atomic E-state index is 10.8. The lowest BCUT2D eigenvalue weighted by molar-refractivity contribution is 0.0697. The van der Waals surface area contributed by atoms with Crippen molar-refractivity contribution in [1.29, 1.82) is 0 Å². The van der Waals surface area contributed by atoms with E-state index in [0.717, 1.165) is 44.8 Å². The molecular formula is C14H20N2O2. The van der Waals surface area contributed by atoms with Gasteiger partial charge in [0, 0.05) is 25.3 Å². The molecule has 0 aromatic heterocycles. The van der Waals surface area contributed by atoms with Crippen molar-refractivity contribution in [3.8, 4) is 0 Å². The van der Waals surface area contributed by atoms with E-state index >= 15 is 0 Å². The highest BCUT2D eigenvalue weighted by atomic mass is 16.4. The van der Waals surface area contributed by atoms with Gasteiger partial charge in [0.25, 0.3) is 0 Å². The first-order valence-corrected chi connectivity index (χ1v) is 6.51. The van der Waals surface area contributed by atoms with Crippen LogP contribution in [-0.2, 0) is 0 Å². The summed E-state index contributed by atoms with van der Waals surface area (Å²) < 4.78 is 0. The zero-order valence-corrected chi connectivity index (χ0v) is 10.8. The molecule has 4 heteroatoms. The van der Waals surface area contributed by atoms with Gasteiger partial charge >= 0.3 is 5.97 Å². The number of benzene rings is 1. The molecule has 0 amide bonds. The number of likely N-dealkylation sites (N-methyl/N-ethyl adjacent to an activating group) is 1. The molecule has 0 aliphatic carbocycles. The molecule has 1 fully saturated rings. The zero-order valence-electron chi connectivity index (χ0n) is 10.8. The number of rotatable bonds is 3. The van der Waals surface area contributed by atoms with Gasteiger partial charge in [0.05, 0.1) is 5.56 Å². The Bertz CT molecular complexity index is 403. The second-order valence-electron chi connectivity index (χ2n) is 4.63. The van der Waals surface area contributed by atoms with Gasteiger partial charge in [0.15, 0.2) is 0 Å². The quantitative estimate of drug-likeness (QED) is 0.887. The summed E-state index contributed by atoms with van der Waals surface area (Å²) >= 11 is 0. The van der Waals surface area contributed by atoms with Crippen molar-refractivity contribution in [2.75, 3.05) is 37.6 Å². The molecule has 1 aromatic rings. The Morgan fingerprint density at radius 3 is 2.50 bits per heavy atom. The fourth-order valence-corrected chi connectivity index (χ4v) is 2.36. The summed E-state index contributed by atoms with van der Waals surface area (Å²) in [6, 6.07) is 7.18. The number of carboxylic acids is 1. The Kier molecular flexibility index (Phi) is 4.20. The van der Waals surface area contributed by atoms with Crippen molar-refractivity contribution in [3.05, 3.63) is 29.8 Å². The number of carboxylic acid groups (broad SMARTS) is 1. The Labute approximate surface area is 108 Å². The van der Waals surface area contributed by atoms with E-state index in [1.165, 1.54) is 0 Å². The molecule has 0 atom stereocenters. The molecule has 98 valence electrons. The van der Waals surface area contributed by atoms with Crippen LogP contribution in [0.1, 0.15) is 23.7 Å². The predicted octanol–water partition coefficient (Wildman–Crippen LogP) is 1.92. The molecule has 1 N–H and O–H groups in total. The Morgan fingerprint density at radius 1 is 1.17 bits per heavy atom. The molecule has 0 unspecified atom stereocenters. The molecule has 0 bridgehead atoms. The van der Waals surface area contributed by atoms with Crippen LogP contribution in [0.3, 0.4) is 0 Å². The van der Waals surface area contributed by atoms with Crippen LogP contribution >= 0.6 is 0 Å². The van der Waals surface area contributed by atoms with Crippen molar-refractivity contribution in [1.82, 2.24) is 4.90 Å². The zero-order chi connectivity index (χ0) is 13.0. The molecule has 1 heterocycles. The Hall–Kier alpha value is -1.55. The average Bonchev–Trinajstić information content (AvgIpc) is 2.64. The molecule has 0 saturated carbocycles. The maximum atomic E-state index is 10.8. The number of nitrogens with zero attached hydrogens (tertiary/aromatic N) is 2. The standard InChI is InChI=1S/C14H20N2O2/c1-2-15-8-3-9-16(11-10-15)13-6-4-12(5-7-13)14(17)18/h4-7H,2-3,8-11H2,1H3,(H,17,18). The monoisotopic (exact) mass is 248 g/mol. The second-order valence-corrected chi connectivity index (χ2v) is 4.63. The van der Waals surface area contributed by atoms with E-state index in [0.29, 0.717) is 5.56 Å². The van der Waals surface area contributed by atoms with Gasteiger partial charge in [0.1, 0.15) is 0 Å². The highest BCUT2D eigenvalue weighted by Gasteiger charge is 2.14. The van der Waals surface area contributed by atoms with Crippen LogP contribution in [0.4, 0.5) is 5.69 Å². The van der Waals surface area contributed by atoms with E-state index in [-0.39, 0.29) is 0 Å². The van der Waals surface area contributed by atoms with Crippen molar-refractivity contribution < 1.29 is 9.90 Å². The van der Waals surface area contributed by atoms with Gasteiger partial charge in [-0.25, -0.2) is 4.79 Å². The first-order valence-electron chi connectivity index (χ1n) is 6.51. The summed E-state index contributed by atoms with van der Waals surface area (Å²) in [5.41, 5.74) is 1.47. The third-order valence-corrected chi connectivity index (χ3v) is 3.52. The number of aromatic carboxylic acids is 1. The third kappa shape index (κ3) is 3.01. The van der Waals surface area contributed by atoms with Crippen LogP contribution in [0, 0.1) is 0 Å². The number of hydrogen-bond donors (Lipinski definition) is 1. The fourth-order valence-electron chi connectivity index (χ4n) is 2.36. The normalized spacial score (nSPS) is 17.5. The van der Waals surface area contributed by atoms with Crippen molar-refractivity contribution in [2.24, 2.45) is 0 Å². The van der Waals surface area contributed by atoms with Gasteiger partial charge < -0.3 is 14.9 Å². The van der Waals surface area contributed by atoms with E-state index in [1.54, 1.807) is 12.1 Å². The average molecular weight is 248 g/mol. The van der Waals surface area contributed by atoms with Gasteiger partial charge in [-0.2, -0.15) is 0 Å². The molecule has 4 nitrogen and oxygen atoms in total. The SMILES string of the molecule is CCN1CCCN(c2ccc(C(=O)O)cc2)CC1. The third-order valence-electron chi connectivity index (χ3n) is 3.52. The minimum Gasteiger partial charge on any atom is -0.478 e. The van der Waals surface area contributed by atoms with Crippen LogP contribution in [-0.4, -0.2) is 48.7 Å². The van der Waals surface area contributed by atoms with E-state index in [1.807, 2.05) is 12.1 Å². The summed E-state index contributed by atoms with van der Waals surface area (Å²) in [6.45, 7) is 7.59. The van der Waals surface area contributed by atoms with Crippen molar-refractivity contribution >= 4 is 11.7 Å². The Balaban J connectivity index is 2.04. The van der Waals surface area contributed by atoms with Gasteiger partial charge in [-0.15, -0.1) is 0 Å². The molecule has 18 heavy (non-hydrogen) atoms. The number of carbonyl (C=O) groups is 1. The number of hydrogen-bond acceptors (Lipinski definition) is 3. The highest BCUT2D eigenvalue weighted by Crippen LogP contribution is 2.17. The molecule has 1 saturated heterocycles. The lowest BCUT2D eigenvalue weighted by Crippen LogP contribution is -2.30. The minimum atomic E-state index is -0.866. The minimum absolute atomic E-state index is 0.351. The van der Waals surface area contributed by atoms with E-state index in [4.69, 9.17) is 5.11 Å². The van der Waals surface area contributed by atoms with Crippen LogP contribution in [0.5, 0.6) is 0 Å². The van der Waals surface area contributed by atoms with Gasteiger partial charge in [0.2, 0.25) is 0 Å². The van der Waals surface area contributed by atoms with Gasteiger partial charge in [-0.05, 0) is 43.8 Å². The molecule has 0 spiro atoms. The molecular weight excluding hydrogens is 228 g/mol. The fraction of sp³-hybridized carbons (Fsp3) is 0.500. The van der Waals surface area contributed by atoms with E-state index in [9.17, 15) is 4.79 Å². The molecule has 1 aromatic carbocycles. The lowest BCUT2D eigenvalue weighted by Gasteiger charge is -2.23. The summed E-state index contributed by atoms with van der Waals surface area (Å²) in [5.74, 6) is -0.866. The van der Waals surface area contributed by atoms with Gasteiger partial charge in [-0.3, -0.25) is 0 Å². The van der Waals surface area contributed by atoms with Crippen LogP contribution in [0.15, 0.2) is 24.3 Å². The lowest BCUT2D eigenvalue weighted by atomic mass is 10.2. The first kappa shape index (κ1) is 12.9. The molecule has 1 aliphatic heterocycles. The van der Waals surface area contributed by atoms with Gasteiger partial charge in [-0.1, -0.05) is 6.92 Å². The summed E-state index contributed by atoms with van der Waals surface area (Å²) in [5, 5.41) is 8.88. The second kappa shape index (κ2) is 5.87. The maximum Gasteiger partial charge on any atom is 0.335 e. The highest BCUT2D eigenvalue weighted by molar-refractivity contribution is 5.88.